The van der Waals surface area contributed by atoms with Crippen LogP contribution in [0.15, 0.2) is 28.5 Å². The van der Waals surface area contributed by atoms with Gasteiger partial charge in [-0.1, -0.05) is 20.8 Å². The van der Waals surface area contributed by atoms with Gasteiger partial charge >= 0.3 is 0 Å². The number of thiazole rings is 1. The SMILES string of the molecule is CCOc1ccc(S(=O)(=O)N2CCN(Cc3csc(C(C)(C)C)n3)CC2)cc1OCC. The van der Waals surface area contributed by atoms with Crippen LogP contribution >= 0.6 is 11.3 Å². The molecule has 0 radical (unpaired) electrons. The Kier molecular flexibility index (Phi) is 7.62. The molecule has 1 fully saturated rings. The predicted molar refractivity (Wildman–Crippen MR) is 124 cm³/mol. The summed E-state index contributed by atoms with van der Waals surface area (Å²) in [7, 11) is -3.59. The van der Waals surface area contributed by atoms with Gasteiger partial charge in [-0.05, 0) is 26.0 Å². The topological polar surface area (TPSA) is 72.0 Å². The highest BCUT2D eigenvalue weighted by Gasteiger charge is 2.30. The molecular formula is C22H33N3O4S2. The van der Waals surface area contributed by atoms with E-state index in [9.17, 15) is 8.42 Å². The first kappa shape index (κ1) is 24.0. The fourth-order valence-electron chi connectivity index (χ4n) is 3.42. The smallest absolute Gasteiger partial charge is 0.243 e. The van der Waals surface area contributed by atoms with E-state index in [1.54, 1.807) is 33.8 Å². The second-order valence-corrected chi connectivity index (χ2v) is 11.3. The third-order valence-electron chi connectivity index (χ3n) is 5.06. The first-order chi connectivity index (χ1) is 14.6. The van der Waals surface area contributed by atoms with Gasteiger partial charge in [-0.2, -0.15) is 4.31 Å². The van der Waals surface area contributed by atoms with Gasteiger partial charge in [0.1, 0.15) is 0 Å². The van der Waals surface area contributed by atoms with Crippen molar-refractivity contribution in [1.29, 1.82) is 0 Å². The molecule has 0 N–H and O–H groups in total. The molecule has 172 valence electrons. The van der Waals surface area contributed by atoms with E-state index in [4.69, 9.17) is 14.5 Å². The molecule has 1 aromatic heterocycles. The highest BCUT2D eigenvalue weighted by Crippen LogP contribution is 2.32. The lowest BCUT2D eigenvalue weighted by Gasteiger charge is -2.33. The molecule has 0 spiro atoms. The van der Waals surface area contributed by atoms with Gasteiger partial charge in [0.05, 0.1) is 28.8 Å². The molecule has 2 aromatic rings. The Balaban J connectivity index is 1.65. The van der Waals surface area contributed by atoms with Gasteiger partial charge < -0.3 is 9.47 Å². The average molecular weight is 468 g/mol. The van der Waals surface area contributed by atoms with E-state index in [0.29, 0.717) is 50.9 Å². The van der Waals surface area contributed by atoms with Gasteiger partial charge in [-0.15, -0.1) is 11.3 Å². The second-order valence-electron chi connectivity index (χ2n) is 8.55. The Bertz CT molecular complexity index is 975. The van der Waals surface area contributed by atoms with Crippen LogP contribution in [0.4, 0.5) is 0 Å². The van der Waals surface area contributed by atoms with E-state index in [1.165, 1.54) is 0 Å². The first-order valence-electron chi connectivity index (χ1n) is 10.7. The Labute approximate surface area is 190 Å². The number of rotatable bonds is 8. The Morgan fingerprint density at radius 3 is 2.26 bits per heavy atom. The number of ether oxygens (including phenoxy) is 2. The van der Waals surface area contributed by atoms with Crippen molar-refractivity contribution in [1.82, 2.24) is 14.2 Å². The van der Waals surface area contributed by atoms with Crippen LogP contribution in [0.3, 0.4) is 0 Å². The number of hydrogen-bond acceptors (Lipinski definition) is 7. The molecule has 0 amide bonds. The Hall–Kier alpha value is -1.68. The summed E-state index contributed by atoms with van der Waals surface area (Å²) in [5.41, 5.74) is 1.10. The summed E-state index contributed by atoms with van der Waals surface area (Å²) in [6, 6.07) is 4.84. The number of hydrogen-bond donors (Lipinski definition) is 0. The van der Waals surface area contributed by atoms with Crippen molar-refractivity contribution in [2.24, 2.45) is 0 Å². The van der Waals surface area contributed by atoms with Crippen molar-refractivity contribution in [2.45, 2.75) is 51.5 Å². The van der Waals surface area contributed by atoms with Crippen molar-refractivity contribution >= 4 is 21.4 Å². The minimum absolute atomic E-state index is 0.0494. The predicted octanol–water partition coefficient (Wildman–Crippen LogP) is 3.74. The summed E-state index contributed by atoms with van der Waals surface area (Å²) in [5.74, 6) is 1.02. The Morgan fingerprint density at radius 2 is 1.68 bits per heavy atom. The fourth-order valence-corrected chi connectivity index (χ4v) is 5.76. The molecular weight excluding hydrogens is 434 g/mol. The zero-order valence-electron chi connectivity index (χ0n) is 19.1. The first-order valence-corrected chi connectivity index (χ1v) is 13.0. The van der Waals surface area contributed by atoms with Crippen LogP contribution in [-0.4, -0.2) is 62.0 Å². The maximum atomic E-state index is 13.2. The van der Waals surface area contributed by atoms with Gasteiger partial charge in [-0.3, -0.25) is 4.90 Å². The summed E-state index contributed by atoms with van der Waals surface area (Å²) in [5, 5.41) is 3.24. The van der Waals surface area contributed by atoms with Crippen LogP contribution in [0.25, 0.3) is 0 Å². The normalized spacial score (nSPS) is 16.4. The molecule has 3 rings (SSSR count). The Morgan fingerprint density at radius 1 is 1.03 bits per heavy atom. The van der Waals surface area contributed by atoms with E-state index >= 15 is 0 Å². The van der Waals surface area contributed by atoms with Crippen molar-refractivity contribution in [2.75, 3.05) is 39.4 Å². The number of benzene rings is 1. The average Bonchev–Trinajstić information content (AvgIpc) is 3.19. The third kappa shape index (κ3) is 5.77. The molecule has 0 bridgehead atoms. The van der Waals surface area contributed by atoms with Crippen LogP contribution in [0.2, 0.25) is 0 Å². The molecule has 0 unspecified atom stereocenters. The van der Waals surface area contributed by atoms with Crippen LogP contribution in [0.5, 0.6) is 11.5 Å². The summed E-state index contributed by atoms with van der Waals surface area (Å²) in [6.07, 6.45) is 0. The molecule has 1 aliphatic rings. The van der Waals surface area contributed by atoms with E-state index in [1.807, 2.05) is 13.8 Å². The fraction of sp³-hybridized carbons (Fsp3) is 0.591. The zero-order chi connectivity index (χ0) is 22.6. The van der Waals surface area contributed by atoms with Crippen molar-refractivity contribution in [3.8, 4) is 11.5 Å². The summed E-state index contributed by atoms with van der Waals surface area (Å²) >= 11 is 1.69. The van der Waals surface area contributed by atoms with Gasteiger partial charge in [0.15, 0.2) is 11.5 Å². The van der Waals surface area contributed by atoms with Gasteiger partial charge in [0.25, 0.3) is 0 Å². The molecule has 0 aliphatic carbocycles. The highest BCUT2D eigenvalue weighted by atomic mass is 32.2. The van der Waals surface area contributed by atoms with Gasteiger partial charge in [0.2, 0.25) is 10.0 Å². The van der Waals surface area contributed by atoms with Crippen LogP contribution < -0.4 is 9.47 Å². The van der Waals surface area contributed by atoms with E-state index in [0.717, 1.165) is 17.2 Å². The minimum Gasteiger partial charge on any atom is -0.490 e. The second kappa shape index (κ2) is 9.85. The molecule has 1 aliphatic heterocycles. The molecule has 1 saturated heterocycles. The summed E-state index contributed by atoms with van der Waals surface area (Å²) in [6.45, 7) is 14.2. The molecule has 2 heterocycles. The van der Waals surface area contributed by atoms with E-state index in [-0.39, 0.29) is 10.3 Å². The minimum atomic E-state index is -3.59. The summed E-state index contributed by atoms with van der Waals surface area (Å²) < 4.78 is 39.1. The molecule has 0 saturated carbocycles. The number of nitrogens with zero attached hydrogens (tertiary/aromatic N) is 3. The largest absolute Gasteiger partial charge is 0.490 e. The molecule has 1 aromatic carbocycles. The van der Waals surface area contributed by atoms with Gasteiger partial charge in [-0.25, -0.2) is 13.4 Å². The monoisotopic (exact) mass is 467 g/mol. The number of aromatic nitrogens is 1. The van der Waals surface area contributed by atoms with Gasteiger partial charge in [0, 0.05) is 49.6 Å². The van der Waals surface area contributed by atoms with E-state index in [2.05, 4.69) is 31.1 Å². The van der Waals surface area contributed by atoms with Crippen LogP contribution in [0, 0.1) is 0 Å². The number of piperazine rings is 1. The van der Waals surface area contributed by atoms with Crippen molar-refractivity contribution in [3.63, 3.8) is 0 Å². The lowest BCUT2D eigenvalue weighted by atomic mass is 9.98. The zero-order valence-corrected chi connectivity index (χ0v) is 20.7. The maximum Gasteiger partial charge on any atom is 0.243 e. The highest BCUT2D eigenvalue weighted by molar-refractivity contribution is 7.89. The van der Waals surface area contributed by atoms with E-state index < -0.39 is 10.0 Å². The van der Waals surface area contributed by atoms with Crippen molar-refractivity contribution < 1.29 is 17.9 Å². The molecule has 7 nitrogen and oxygen atoms in total. The molecule has 31 heavy (non-hydrogen) atoms. The quantitative estimate of drug-likeness (QED) is 0.589. The standard InChI is InChI=1S/C22H33N3O4S2/c1-6-28-19-9-8-18(14-20(19)29-7-2)31(26,27)25-12-10-24(11-13-25)15-17-16-30-21(23-17)22(3,4)5/h8-9,14,16H,6-7,10-13,15H2,1-5H3. The maximum absolute atomic E-state index is 13.2. The molecule has 9 heteroatoms. The molecule has 0 atom stereocenters. The van der Waals surface area contributed by atoms with Crippen LogP contribution in [-0.2, 0) is 22.0 Å². The lowest BCUT2D eigenvalue weighted by Crippen LogP contribution is -2.48. The summed E-state index contributed by atoms with van der Waals surface area (Å²) in [4.78, 5) is 7.26. The van der Waals surface area contributed by atoms with Crippen LogP contribution in [0.1, 0.15) is 45.3 Å². The number of sulfonamides is 1. The lowest BCUT2D eigenvalue weighted by molar-refractivity contribution is 0.180. The van der Waals surface area contributed by atoms with Crippen molar-refractivity contribution in [3.05, 3.63) is 34.3 Å². The third-order valence-corrected chi connectivity index (χ3v) is 8.27.